The summed E-state index contributed by atoms with van der Waals surface area (Å²) in [7, 11) is 0. The van der Waals surface area contributed by atoms with Crippen molar-refractivity contribution in [3.63, 3.8) is 0 Å². The predicted octanol–water partition coefficient (Wildman–Crippen LogP) is 2.75. The van der Waals surface area contributed by atoms with Crippen LogP contribution in [0, 0.1) is 11.6 Å². The van der Waals surface area contributed by atoms with Gasteiger partial charge < -0.3 is 5.32 Å². The maximum Gasteiger partial charge on any atom is 0.168 e. The summed E-state index contributed by atoms with van der Waals surface area (Å²) in [6.07, 6.45) is 2.95. The molecule has 22 heavy (non-hydrogen) atoms. The van der Waals surface area contributed by atoms with Crippen molar-refractivity contribution in [3.8, 4) is 11.3 Å². The SMILES string of the molecule is Fc1cccc(-c2ccc([C@H]3C[C@@H]3N3CCNC3)cn2)c1F. The van der Waals surface area contributed by atoms with Gasteiger partial charge >= 0.3 is 0 Å². The molecule has 1 aromatic carbocycles. The normalized spacial score (nSPS) is 24.6. The number of hydrogen-bond acceptors (Lipinski definition) is 3. The highest BCUT2D eigenvalue weighted by molar-refractivity contribution is 5.60. The third-order valence-corrected chi connectivity index (χ3v) is 4.56. The van der Waals surface area contributed by atoms with Crippen molar-refractivity contribution in [1.29, 1.82) is 0 Å². The van der Waals surface area contributed by atoms with Crippen molar-refractivity contribution in [1.82, 2.24) is 15.2 Å². The molecule has 0 bridgehead atoms. The monoisotopic (exact) mass is 301 g/mol. The van der Waals surface area contributed by atoms with Crippen LogP contribution in [0.5, 0.6) is 0 Å². The van der Waals surface area contributed by atoms with Gasteiger partial charge in [-0.25, -0.2) is 8.78 Å². The van der Waals surface area contributed by atoms with Gasteiger partial charge in [-0.05, 0) is 30.2 Å². The van der Waals surface area contributed by atoms with Crippen LogP contribution in [0.25, 0.3) is 11.3 Å². The van der Waals surface area contributed by atoms with Gasteiger partial charge in [-0.3, -0.25) is 9.88 Å². The minimum Gasteiger partial charge on any atom is -0.303 e. The summed E-state index contributed by atoms with van der Waals surface area (Å²) in [5.41, 5.74) is 1.86. The van der Waals surface area contributed by atoms with E-state index in [9.17, 15) is 8.78 Å². The lowest BCUT2D eigenvalue weighted by Gasteiger charge is -2.13. The summed E-state index contributed by atoms with van der Waals surface area (Å²) >= 11 is 0. The molecular weight excluding hydrogens is 284 g/mol. The Morgan fingerprint density at radius 2 is 2.09 bits per heavy atom. The van der Waals surface area contributed by atoms with Gasteiger partial charge in [0.05, 0.1) is 5.69 Å². The fraction of sp³-hybridized carbons (Fsp3) is 0.353. The first kappa shape index (κ1) is 13.8. The molecule has 1 aromatic heterocycles. The molecule has 2 atom stereocenters. The van der Waals surface area contributed by atoms with Gasteiger partial charge in [-0.2, -0.15) is 0 Å². The van der Waals surface area contributed by atoms with Crippen LogP contribution >= 0.6 is 0 Å². The Bertz CT molecular complexity index is 681. The fourth-order valence-corrected chi connectivity index (χ4v) is 3.24. The van der Waals surface area contributed by atoms with Gasteiger partial charge in [0.15, 0.2) is 11.6 Å². The number of benzene rings is 1. The zero-order valence-electron chi connectivity index (χ0n) is 12.1. The van der Waals surface area contributed by atoms with E-state index in [1.165, 1.54) is 11.6 Å². The summed E-state index contributed by atoms with van der Waals surface area (Å²) in [6.45, 7) is 3.11. The number of aromatic nitrogens is 1. The Balaban J connectivity index is 1.53. The van der Waals surface area contributed by atoms with Gasteiger partial charge in [0.1, 0.15) is 0 Å². The zero-order valence-corrected chi connectivity index (χ0v) is 12.1. The van der Waals surface area contributed by atoms with Crippen molar-refractivity contribution in [3.05, 3.63) is 53.7 Å². The molecule has 114 valence electrons. The minimum atomic E-state index is -0.841. The number of nitrogens with one attached hydrogen (secondary N) is 1. The molecule has 4 rings (SSSR count). The van der Waals surface area contributed by atoms with Crippen molar-refractivity contribution in [2.75, 3.05) is 19.8 Å². The van der Waals surface area contributed by atoms with E-state index in [-0.39, 0.29) is 5.56 Å². The van der Waals surface area contributed by atoms with Crippen LogP contribution in [-0.2, 0) is 0 Å². The van der Waals surface area contributed by atoms with E-state index >= 15 is 0 Å². The Labute approximate surface area is 128 Å². The van der Waals surface area contributed by atoms with Crippen molar-refractivity contribution in [2.24, 2.45) is 0 Å². The molecule has 2 heterocycles. The summed E-state index contributed by atoms with van der Waals surface area (Å²) < 4.78 is 27.1. The van der Waals surface area contributed by atoms with Gasteiger partial charge in [0.2, 0.25) is 0 Å². The van der Waals surface area contributed by atoms with E-state index in [0.717, 1.165) is 32.2 Å². The number of rotatable bonds is 3. The molecule has 2 aliphatic rings. The van der Waals surface area contributed by atoms with Crippen LogP contribution in [0.3, 0.4) is 0 Å². The van der Waals surface area contributed by atoms with E-state index in [2.05, 4.69) is 15.2 Å². The van der Waals surface area contributed by atoms with Crippen LogP contribution in [-0.4, -0.2) is 35.7 Å². The second-order valence-electron chi connectivity index (χ2n) is 5.96. The van der Waals surface area contributed by atoms with Gasteiger partial charge in [-0.15, -0.1) is 0 Å². The minimum absolute atomic E-state index is 0.211. The standard InChI is InChI=1S/C17H17F2N3/c18-14-3-1-2-12(17(14)19)15-5-4-11(9-21-15)13-8-16(13)22-7-6-20-10-22/h1-5,9,13,16,20H,6-8,10H2/t13-,16+/m1/s1. The molecule has 1 saturated carbocycles. The van der Waals surface area contributed by atoms with E-state index < -0.39 is 11.6 Å². The number of nitrogens with zero attached hydrogens (tertiary/aromatic N) is 2. The lowest BCUT2D eigenvalue weighted by atomic mass is 10.1. The highest BCUT2D eigenvalue weighted by Gasteiger charge is 2.43. The second-order valence-corrected chi connectivity index (χ2v) is 5.96. The first-order valence-electron chi connectivity index (χ1n) is 7.59. The number of pyridine rings is 1. The first-order chi connectivity index (χ1) is 10.7. The third-order valence-electron chi connectivity index (χ3n) is 4.56. The summed E-state index contributed by atoms with van der Waals surface area (Å²) in [5, 5.41) is 3.34. The molecule has 0 amide bonds. The van der Waals surface area contributed by atoms with E-state index in [4.69, 9.17) is 0 Å². The predicted molar refractivity (Wildman–Crippen MR) is 80.3 cm³/mol. The van der Waals surface area contributed by atoms with Gasteiger partial charge in [-0.1, -0.05) is 12.1 Å². The smallest absolute Gasteiger partial charge is 0.168 e. The highest BCUT2D eigenvalue weighted by atomic mass is 19.2. The fourth-order valence-electron chi connectivity index (χ4n) is 3.24. The average molecular weight is 301 g/mol. The van der Waals surface area contributed by atoms with E-state index in [0.29, 0.717) is 17.7 Å². The molecule has 5 heteroatoms. The third kappa shape index (κ3) is 2.40. The molecule has 3 nitrogen and oxygen atoms in total. The van der Waals surface area contributed by atoms with E-state index in [1.807, 2.05) is 6.07 Å². The molecule has 1 saturated heterocycles. The van der Waals surface area contributed by atoms with Crippen molar-refractivity contribution in [2.45, 2.75) is 18.4 Å². The van der Waals surface area contributed by atoms with Crippen molar-refractivity contribution >= 4 is 0 Å². The maximum absolute atomic E-state index is 13.8. The Morgan fingerprint density at radius 1 is 1.18 bits per heavy atom. The van der Waals surface area contributed by atoms with E-state index in [1.54, 1.807) is 18.3 Å². The Hall–Kier alpha value is -1.85. The molecule has 1 aliphatic heterocycles. The Morgan fingerprint density at radius 3 is 2.82 bits per heavy atom. The molecule has 2 fully saturated rings. The van der Waals surface area contributed by atoms with Crippen LogP contribution in [0.15, 0.2) is 36.5 Å². The number of hydrogen-bond donors (Lipinski definition) is 1. The second kappa shape index (κ2) is 5.41. The van der Waals surface area contributed by atoms with Gasteiger partial charge in [0, 0.05) is 43.5 Å². The van der Waals surface area contributed by atoms with Crippen LogP contribution in [0.1, 0.15) is 17.9 Å². The van der Waals surface area contributed by atoms with Crippen LogP contribution < -0.4 is 5.32 Å². The molecule has 1 aliphatic carbocycles. The quantitative estimate of drug-likeness (QED) is 0.945. The lowest BCUT2D eigenvalue weighted by molar-refractivity contribution is 0.319. The zero-order chi connectivity index (χ0) is 15.1. The molecule has 2 aromatic rings. The average Bonchev–Trinajstić information content (AvgIpc) is 3.15. The summed E-state index contributed by atoms with van der Waals surface area (Å²) in [4.78, 5) is 6.78. The van der Waals surface area contributed by atoms with Crippen LogP contribution in [0.4, 0.5) is 8.78 Å². The molecule has 0 radical (unpaired) electrons. The maximum atomic E-state index is 13.8. The molecule has 0 spiro atoms. The molecule has 0 unspecified atom stereocenters. The molecule has 1 N–H and O–H groups in total. The lowest BCUT2D eigenvalue weighted by Crippen LogP contribution is -2.25. The summed E-state index contributed by atoms with van der Waals surface area (Å²) in [6, 6.07) is 8.53. The summed E-state index contributed by atoms with van der Waals surface area (Å²) in [5.74, 6) is -1.17. The van der Waals surface area contributed by atoms with Crippen LogP contribution in [0.2, 0.25) is 0 Å². The molecular formula is C17H17F2N3. The largest absolute Gasteiger partial charge is 0.303 e. The number of halogens is 2. The van der Waals surface area contributed by atoms with Crippen molar-refractivity contribution < 1.29 is 8.78 Å². The highest BCUT2D eigenvalue weighted by Crippen LogP contribution is 2.44. The first-order valence-corrected chi connectivity index (χ1v) is 7.59. The Kier molecular flexibility index (Phi) is 3.39. The topological polar surface area (TPSA) is 28.2 Å². The van der Waals surface area contributed by atoms with Gasteiger partial charge in [0.25, 0.3) is 0 Å².